The van der Waals surface area contributed by atoms with Crippen LogP contribution >= 0.6 is 11.6 Å². The van der Waals surface area contributed by atoms with Crippen LogP contribution in [0.2, 0.25) is 5.02 Å². The van der Waals surface area contributed by atoms with Crippen LogP contribution in [0.1, 0.15) is 26.3 Å². The highest BCUT2D eigenvalue weighted by Crippen LogP contribution is 2.21. The summed E-state index contributed by atoms with van der Waals surface area (Å²) in [5, 5.41) is 3.29. The molecule has 0 fully saturated rings. The number of benzene rings is 1. The van der Waals surface area contributed by atoms with Gasteiger partial charge in [-0.1, -0.05) is 11.6 Å². The minimum absolute atomic E-state index is 0.232. The van der Waals surface area contributed by atoms with Crippen molar-refractivity contribution in [2.75, 3.05) is 18.1 Å². The van der Waals surface area contributed by atoms with Gasteiger partial charge in [0.05, 0.1) is 12.8 Å². The first-order valence-electron chi connectivity index (χ1n) is 6.45. The summed E-state index contributed by atoms with van der Waals surface area (Å²) in [4.78, 5) is 12.1. The van der Waals surface area contributed by atoms with Crippen LogP contribution in [-0.4, -0.2) is 37.0 Å². The smallest absolute Gasteiger partial charge is 0.239 e. The zero-order valence-electron chi connectivity index (χ0n) is 12.9. The molecule has 0 heterocycles. The zero-order chi connectivity index (χ0) is 16.4. The third-order valence-electron chi connectivity index (χ3n) is 2.90. The molecule has 5 nitrogen and oxygen atoms in total. The predicted octanol–water partition coefficient (Wildman–Crippen LogP) is 2.65. The van der Waals surface area contributed by atoms with Crippen LogP contribution in [0.15, 0.2) is 18.2 Å². The van der Waals surface area contributed by atoms with E-state index < -0.39 is 15.6 Å². The number of anilines is 1. The van der Waals surface area contributed by atoms with E-state index in [2.05, 4.69) is 5.32 Å². The van der Waals surface area contributed by atoms with Crippen molar-refractivity contribution in [3.05, 3.63) is 28.8 Å². The number of nitrogens with zero attached hydrogens (tertiary/aromatic N) is 1. The van der Waals surface area contributed by atoms with Gasteiger partial charge in [-0.3, -0.25) is 4.79 Å². The minimum Gasteiger partial charge on any atom is -0.325 e. The Morgan fingerprint density at radius 3 is 2.33 bits per heavy atom. The van der Waals surface area contributed by atoms with E-state index in [-0.39, 0.29) is 12.5 Å². The van der Waals surface area contributed by atoms with Crippen molar-refractivity contribution in [2.45, 2.75) is 33.2 Å². The topological polar surface area (TPSA) is 66.5 Å². The molecule has 1 aromatic rings. The third-order valence-corrected chi connectivity index (χ3v) is 4.61. The Bertz CT molecular complexity index is 636. The average molecular weight is 333 g/mol. The first-order chi connectivity index (χ1) is 9.41. The Morgan fingerprint density at radius 2 is 1.90 bits per heavy atom. The second-order valence-corrected chi connectivity index (χ2v) is 8.29. The molecule has 118 valence electrons. The summed E-state index contributed by atoms with van der Waals surface area (Å²) in [7, 11) is -3.48. The SMILES string of the molecule is Cc1cc(Cl)ccc1NC(=O)CN(C(C)(C)C)S(C)(=O)=O. The van der Waals surface area contributed by atoms with Crippen LogP contribution in [-0.2, 0) is 14.8 Å². The van der Waals surface area contributed by atoms with E-state index in [4.69, 9.17) is 11.6 Å². The molecular formula is C14H21ClN2O3S. The number of rotatable bonds is 4. The maximum atomic E-state index is 12.1. The third kappa shape index (κ3) is 5.30. The molecule has 21 heavy (non-hydrogen) atoms. The van der Waals surface area contributed by atoms with Gasteiger partial charge in [-0.15, -0.1) is 0 Å². The van der Waals surface area contributed by atoms with Crippen molar-refractivity contribution in [3.63, 3.8) is 0 Å². The van der Waals surface area contributed by atoms with E-state index in [9.17, 15) is 13.2 Å². The molecule has 0 atom stereocenters. The molecule has 0 aromatic heterocycles. The van der Waals surface area contributed by atoms with E-state index in [0.29, 0.717) is 10.7 Å². The standard InChI is InChI=1S/C14H21ClN2O3S/c1-10-8-11(15)6-7-12(10)16-13(18)9-17(14(2,3)4)21(5,19)20/h6-8H,9H2,1-5H3,(H,16,18). The number of aryl methyl sites for hydroxylation is 1. The second kappa shape index (κ2) is 6.34. The highest BCUT2D eigenvalue weighted by atomic mass is 35.5. The molecule has 0 unspecified atom stereocenters. The largest absolute Gasteiger partial charge is 0.325 e. The van der Waals surface area contributed by atoms with Crippen molar-refractivity contribution in [3.8, 4) is 0 Å². The lowest BCUT2D eigenvalue weighted by molar-refractivity contribution is -0.117. The quantitative estimate of drug-likeness (QED) is 0.921. The van der Waals surface area contributed by atoms with Gasteiger partial charge >= 0.3 is 0 Å². The summed E-state index contributed by atoms with van der Waals surface area (Å²) in [5.74, 6) is -0.388. The molecule has 0 aliphatic rings. The van der Waals surface area contributed by atoms with E-state index >= 15 is 0 Å². The van der Waals surface area contributed by atoms with Crippen LogP contribution in [0.3, 0.4) is 0 Å². The van der Waals surface area contributed by atoms with Crippen molar-refractivity contribution in [1.82, 2.24) is 4.31 Å². The van der Waals surface area contributed by atoms with Gasteiger partial charge in [0, 0.05) is 16.2 Å². The summed E-state index contributed by atoms with van der Waals surface area (Å²) in [6.07, 6.45) is 1.10. The molecule has 0 aliphatic carbocycles. The first kappa shape index (κ1) is 17.9. The molecule has 1 rings (SSSR count). The van der Waals surface area contributed by atoms with E-state index in [0.717, 1.165) is 11.8 Å². The van der Waals surface area contributed by atoms with Gasteiger partial charge < -0.3 is 5.32 Å². The number of hydrogen-bond donors (Lipinski definition) is 1. The Morgan fingerprint density at radius 1 is 1.33 bits per heavy atom. The monoisotopic (exact) mass is 332 g/mol. The first-order valence-corrected chi connectivity index (χ1v) is 8.67. The van der Waals surface area contributed by atoms with Gasteiger partial charge in [-0.2, -0.15) is 4.31 Å². The molecule has 0 saturated heterocycles. The van der Waals surface area contributed by atoms with E-state index in [1.807, 2.05) is 6.92 Å². The van der Waals surface area contributed by atoms with Gasteiger partial charge in [0.25, 0.3) is 0 Å². The van der Waals surface area contributed by atoms with Crippen LogP contribution in [0.25, 0.3) is 0 Å². The number of halogens is 1. The number of carbonyl (C=O) groups is 1. The predicted molar refractivity (Wildman–Crippen MR) is 86.1 cm³/mol. The van der Waals surface area contributed by atoms with Crippen molar-refractivity contribution < 1.29 is 13.2 Å². The van der Waals surface area contributed by atoms with Gasteiger partial charge in [0.1, 0.15) is 0 Å². The lowest BCUT2D eigenvalue weighted by atomic mass is 10.1. The molecule has 0 saturated carbocycles. The van der Waals surface area contributed by atoms with Gasteiger partial charge in [0.15, 0.2) is 0 Å². The molecule has 0 bridgehead atoms. The molecule has 1 aromatic carbocycles. The molecule has 0 radical (unpaired) electrons. The maximum Gasteiger partial charge on any atom is 0.239 e. The van der Waals surface area contributed by atoms with Crippen LogP contribution < -0.4 is 5.32 Å². The summed E-state index contributed by atoms with van der Waals surface area (Å²) >= 11 is 5.86. The summed E-state index contributed by atoms with van der Waals surface area (Å²) in [5.41, 5.74) is 0.768. The van der Waals surface area contributed by atoms with Gasteiger partial charge in [-0.05, 0) is 51.5 Å². The van der Waals surface area contributed by atoms with Crippen molar-refractivity contribution in [1.29, 1.82) is 0 Å². The number of hydrogen-bond acceptors (Lipinski definition) is 3. The van der Waals surface area contributed by atoms with Crippen molar-refractivity contribution in [2.24, 2.45) is 0 Å². The second-order valence-electron chi connectivity index (χ2n) is 5.95. The van der Waals surface area contributed by atoms with E-state index in [1.54, 1.807) is 39.0 Å². The maximum absolute atomic E-state index is 12.1. The minimum atomic E-state index is -3.48. The summed E-state index contributed by atoms with van der Waals surface area (Å²) < 4.78 is 24.8. The zero-order valence-corrected chi connectivity index (χ0v) is 14.5. The van der Waals surface area contributed by atoms with Crippen molar-refractivity contribution >= 4 is 33.2 Å². The van der Waals surface area contributed by atoms with Gasteiger partial charge in [0.2, 0.25) is 15.9 Å². The Labute approximate surface area is 131 Å². The average Bonchev–Trinajstić information content (AvgIpc) is 2.27. The number of nitrogens with one attached hydrogen (secondary N) is 1. The molecular weight excluding hydrogens is 312 g/mol. The molecule has 0 spiro atoms. The fraction of sp³-hybridized carbons (Fsp3) is 0.500. The molecule has 7 heteroatoms. The Balaban J connectivity index is 2.89. The lowest BCUT2D eigenvalue weighted by Gasteiger charge is -2.32. The highest BCUT2D eigenvalue weighted by molar-refractivity contribution is 7.88. The fourth-order valence-corrected chi connectivity index (χ4v) is 3.51. The fourth-order valence-electron chi connectivity index (χ4n) is 1.94. The number of carbonyl (C=O) groups excluding carboxylic acids is 1. The van der Waals surface area contributed by atoms with Gasteiger partial charge in [-0.25, -0.2) is 8.42 Å². The number of amides is 1. The summed E-state index contributed by atoms with van der Waals surface area (Å²) in [6, 6.07) is 5.09. The molecule has 1 amide bonds. The highest BCUT2D eigenvalue weighted by Gasteiger charge is 2.31. The molecule has 1 N–H and O–H groups in total. The normalized spacial score (nSPS) is 12.5. The lowest BCUT2D eigenvalue weighted by Crippen LogP contribution is -2.48. The van der Waals surface area contributed by atoms with Crippen LogP contribution in [0.4, 0.5) is 5.69 Å². The van der Waals surface area contributed by atoms with Crippen LogP contribution in [0, 0.1) is 6.92 Å². The number of sulfonamides is 1. The Hall–Kier alpha value is -1.11. The van der Waals surface area contributed by atoms with E-state index in [1.165, 1.54) is 4.31 Å². The molecule has 0 aliphatic heterocycles. The Kier molecular flexibility index (Phi) is 5.41. The summed E-state index contributed by atoms with van der Waals surface area (Å²) in [6.45, 7) is 6.82. The van der Waals surface area contributed by atoms with Crippen LogP contribution in [0.5, 0.6) is 0 Å².